The van der Waals surface area contributed by atoms with E-state index in [4.69, 9.17) is 4.74 Å². The average molecular weight is 561 g/mol. The molecule has 9 nitrogen and oxygen atoms in total. The molecule has 0 fully saturated rings. The summed E-state index contributed by atoms with van der Waals surface area (Å²) in [6, 6.07) is 22.2. The first-order chi connectivity index (χ1) is 19.6. The predicted octanol–water partition coefficient (Wildman–Crippen LogP) is 3.36. The molecular weight excluding hydrogens is 520 g/mol. The van der Waals surface area contributed by atoms with Crippen LogP contribution in [0, 0.1) is 0 Å². The molecule has 0 saturated heterocycles. The minimum absolute atomic E-state index is 0.0131. The Morgan fingerprint density at radius 3 is 2.17 bits per heavy atom. The number of hydrogen-bond donors (Lipinski definition) is 4. The molecule has 0 spiro atoms. The number of rotatable bonds is 13. The molecular formula is C32H40N4O5. The minimum atomic E-state index is -1.29. The van der Waals surface area contributed by atoms with Gasteiger partial charge in [0.25, 0.3) is 5.91 Å². The van der Waals surface area contributed by atoms with Gasteiger partial charge >= 0.3 is 0 Å². The van der Waals surface area contributed by atoms with Gasteiger partial charge in [-0.1, -0.05) is 72.8 Å². The van der Waals surface area contributed by atoms with E-state index < -0.39 is 29.6 Å². The van der Waals surface area contributed by atoms with E-state index in [-0.39, 0.29) is 37.6 Å². The van der Waals surface area contributed by atoms with Crippen molar-refractivity contribution in [1.82, 2.24) is 21.3 Å². The van der Waals surface area contributed by atoms with Gasteiger partial charge < -0.3 is 26.0 Å². The van der Waals surface area contributed by atoms with Crippen LogP contribution in [0.2, 0.25) is 0 Å². The maximum absolute atomic E-state index is 13.3. The molecule has 0 heterocycles. The molecule has 9 heteroatoms. The lowest BCUT2D eigenvalue weighted by Gasteiger charge is -2.24. The van der Waals surface area contributed by atoms with Crippen molar-refractivity contribution < 1.29 is 23.9 Å². The van der Waals surface area contributed by atoms with E-state index in [1.807, 2.05) is 93.6 Å². The number of ether oxygens (including phenoxy) is 1. The van der Waals surface area contributed by atoms with Crippen molar-refractivity contribution in [3.05, 3.63) is 83.9 Å². The Bertz CT molecular complexity index is 1330. The van der Waals surface area contributed by atoms with Gasteiger partial charge in [-0.2, -0.15) is 0 Å². The summed E-state index contributed by atoms with van der Waals surface area (Å²) in [6.07, 6.45) is -0.549. The van der Waals surface area contributed by atoms with Crippen molar-refractivity contribution in [3.63, 3.8) is 0 Å². The first kappa shape index (κ1) is 31.3. The highest BCUT2D eigenvalue weighted by Gasteiger charge is 2.27. The maximum atomic E-state index is 13.3. The van der Waals surface area contributed by atoms with Gasteiger partial charge in [0.15, 0.2) is 0 Å². The van der Waals surface area contributed by atoms with Gasteiger partial charge in [0.05, 0.1) is 0 Å². The highest BCUT2D eigenvalue weighted by Crippen LogP contribution is 2.18. The quantitative estimate of drug-likeness (QED) is 0.239. The molecule has 3 aromatic rings. The Hall–Kier alpha value is -4.24. The summed E-state index contributed by atoms with van der Waals surface area (Å²) in [6.45, 7) is 5.82. The molecule has 0 radical (unpaired) electrons. The Morgan fingerprint density at radius 2 is 1.46 bits per heavy atom. The second-order valence-corrected chi connectivity index (χ2v) is 10.9. The van der Waals surface area contributed by atoms with Gasteiger partial charge in [-0.15, -0.1) is 0 Å². The lowest BCUT2D eigenvalue weighted by Crippen LogP contribution is -2.54. The van der Waals surface area contributed by atoms with E-state index in [0.29, 0.717) is 6.42 Å². The van der Waals surface area contributed by atoms with E-state index in [1.54, 1.807) is 0 Å². The summed E-state index contributed by atoms with van der Waals surface area (Å²) in [4.78, 5) is 51.4. The van der Waals surface area contributed by atoms with Gasteiger partial charge in [-0.25, -0.2) is 0 Å². The molecule has 0 aliphatic rings. The fourth-order valence-corrected chi connectivity index (χ4v) is 4.38. The summed E-state index contributed by atoms with van der Waals surface area (Å²) in [5.41, 5.74) is 1.48. The Balaban J connectivity index is 1.63. The number of hydrogen-bond acceptors (Lipinski definition) is 5. The van der Waals surface area contributed by atoms with Crippen molar-refractivity contribution in [1.29, 1.82) is 0 Å². The van der Waals surface area contributed by atoms with Crippen LogP contribution in [0.15, 0.2) is 72.8 Å². The van der Waals surface area contributed by atoms with Crippen LogP contribution in [-0.4, -0.2) is 48.5 Å². The molecule has 2 unspecified atom stereocenters. The lowest BCUT2D eigenvalue weighted by atomic mass is 10.0. The summed E-state index contributed by atoms with van der Waals surface area (Å²) in [7, 11) is 1.31. The van der Waals surface area contributed by atoms with E-state index in [9.17, 15) is 19.2 Å². The van der Waals surface area contributed by atoms with Gasteiger partial charge in [-0.05, 0) is 55.5 Å². The smallest absolute Gasteiger partial charge is 0.270 e. The Morgan fingerprint density at radius 1 is 0.780 bits per heavy atom. The Kier molecular flexibility index (Phi) is 11.4. The molecule has 2 atom stereocenters. The normalized spacial score (nSPS) is 12.7. The second kappa shape index (κ2) is 14.9. The molecule has 4 amide bonds. The van der Waals surface area contributed by atoms with Crippen LogP contribution in [0.4, 0.5) is 0 Å². The van der Waals surface area contributed by atoms with Gasteiger partial charge in [-0.3, -0.25) is 19.2 Å². The van der Waals surface area contributed by atoms with Crippen LogP contribution in [0.5, 0.6) is 0 Å². The molecule has 0 aliphatic carbocycles. The van der Waals surface area contributed by atoms with Crippen molar-refractivity contribution in [2.75, 3.05) is 7.11 Å². The molecule has 0 aliphatic heterocycles. The van der Waals surface area contributed by atoms with Crippen molar-refractivity contribution in [2.24, 2.45) is 0 Å². The fraction of sp³-hybridized carbons (Fsp3) is 0.375. The SMILES string of the molecule is COC(NC(=O)C(CCC(=O)NC(C)(C)C)NC(=O)CCc1ccccc1)C(=O)NCc1cccc2ccccc12. The zero-order chi connectivity index (χ0) is 29.8. The van der Waals surface area contributed by atoms with Crippen LogP contribution in [-0.2, 0) is 36.9 Å². The van der Waals surface area contributed by atoms with Gasteiger partial charge in [0, 0.05) is 32.0 Å². The minimum Gasteiger partial charge on any atom is -0.353 e. The van der Waals surface area contributed by atoms with Crippen LogP contribution in [0.25, 0.3) is 10.8 Å². The second-order valence-electron chi connectivity index (χ2n) is 10.9. The zero-order valence-electron chi connectivity index (χ0n) is 24.2. The first-order valence-electron chi connectivity index (χ1n) is 13.8. The topological polar surface area (TPSA) is 126 Å². The summed E-state index contributed by atoms with van der Waals surface area (Å²) < 4.78 is 5.27. The van der Waals surface area contributed by atoms with Gasteiger partial charge in [0.2, 0.25) is 23.9 Å². The molecule has 0 saturated carbocycles. The standard InChI is InChI=1S/C32H40N4O5/c1-32(2,3)36-28(38)20-18-26(34-27(37)19-17-22-11-6-5-7-12-22)29(39)35-31(41-4)30(40)33-21-24-15-10-14-23-13-8-9-16-25(23)24/h5-16,26,31H,17-21H2,1-4H3,(H,33,40)(H,34,37)(H,35,39)(H,36,38). The third-order valence-corrected chi connectivity index (χ3v) is 6.39. The molecule has 0 bridgehead atoms. The van der Waals surface area contributed by atoms with E-state index in [1.165, 1.54) is 7.11 Å². The molecule has 3 rings (SSSR count). The summed E-state index contributed by atoms with van der Waals surface area (Å²) in [5, 5.41) is 13.0. The van der Waals surface area contributed by atoms with Crippen LogP contribution in [0.3, 0.4) is 0 Å². The number of aryl methyl sites for hydroxylation is 1. The number of benzene rings is 3. The highest BCUT2D eigenvalue weighted by atomic mass is 16.5. The average Bonchev–Trinajstić information content (AvgIpc) is 2.95. The van der Waals surface area contributed by atoms with E-state index in [0.717, 1.165) is 21.9 Å². The largest absolute Gasteiger partial charge is 0.353 e. The summed E-state index contributed by atoms with van der Waals surface area (Å²) in [5.74, 6) is -1.73. The Labute approximate surface area is 241 Å². The fourth-order valence-electron chi connectivity index (χ4n) is 4.38. The van der Waals surface area contributed by atoms with Crippen molar-refractivity contribution in [2.45, 2.75) is 70.8 Å². The molecule has 4 N–H and O–H groups in total. The lowest BCUT2D eigenvalue weighted by molar-refractivity contribution is -0.140. The zero-order valence-corrected chi connectivity index (χ0v) is 24.2. The van der Waals surface area contributed by atoms with Crippen LogP contribution < -0.4 is 21.3 Å². The number of carbonyl (C=O) groups is 4. The predicted molar refractivity (Wildman–Crippen MR) is 159 cm³/mol. The molecule has 218 valence electrons. The number of methoxy groups -OCH3 is 1. The van der Waals surface area contributed by atoms with Gasteiger partial charge in [0.1, 0.15) is 6.04 Å². The van der Waals surface area contributed by atoms with Crippen molar-refractivity contribution in [3.8, 4) is 0 Å². The number of amides is 4. The summed E-state index contributed by atoms with van der Waals surface area (Å²) >= 11 is 0. The van der Waals surface area contributed by atoms with E-state index in [2.05, 4.69) is 21.3 Å². The third-order valence-electron chi connectivity index (χ3n) is 6.39. The number of nitrogens with one attached hydrogen (secondary N) is 4. The van der Waals surface area contributed by atoms with Crippen molar-refractivity contribution >= 4 is 34.4 Å². The maximum Gasteiger partial charge on any atom is 0.270 e. The number of fused-ring (bicyclic) bond motifs is 1. The van der Waals surface area contributed by atoms with Crippen LogP contribution in [0.1, 0.15) is 51.2 Å². The molecule has 0 aromatic heterocycles. The molecule has 3 aromatic carbocycles. The van der Waals surface area contributed by atoms with Crippen LogP contribution >= 0.6 is 0 Å². The first-order valence-corrected chi connectivity index (χ1v) is 13.8. The van der Waals surface area contributed by atoms with E-state index >= 15 is 0 Å². The monoisotopic (exact) mass is 560 g/mol. The number of carbonyl (C=O) groups excluding carboxylic acids is 4. The third kappa shape index (κ3) is 10.3. The highest BCUT2D eigenvalue weighted by molar-refractivity contribution is 5.92. The molecule has 41 heavy (non-hydrogen) atoms.